The van der Waals surface area contributed by atoms with Crippen molar-refractivity contribution in [2.24, 2.45) is 0 Å². The summed E-state index contributed by atoms with van der Waals surface area (Å²) in [7, 11) is -3.94. The second-order valence-electron chi connectivity index (χ2n) is 8.33. The van der Waals surface area contributed by atoms with Crippen molar-refractivity contribution in [3.8, 4) is 11.5 Å². The van der Waals surface area contributed by atoms with Gasteiger partial charge in [0.15, 0.2) is 0 Å². The molecule has 7 nitrogen and oxygen atoms in total. The number of hydrogen-bond acceptors (Lipinski definition) is 5. The summed E-state index contributed by atoms with van der Waals surface area (Å²) in [6.07, 6.45) is 0.485. The fraction of sp³-hybridized carbons (Fsp3) is 0.346. The molecule has 3 aromatic rings. The first kappa shape index (κ1) is 26.6. The highest BCUT2D eigenvalue weighted by atomic mass is 35.5. The number of halogens is 1. The van der Waals surface area contributed by atoms with Crippen molar-refractivity contribution in [2.75, 3.05) is 13.2 Å². The second-order valence-corrected chi connectivity index (χ2v) is 10.6. The predicted molar refractivity (Wildman–Crippen MR) is 135 cm³/mol. The van der Waals surface area contributed by atoms with E-state index in [-0.39, 0.29) is 21.0 Å². The molecule has 1 heterocycles. The van der Waals surface area contributed by atoms with Crippen LogP contribution in [0.4, 0.5) is 0 Å². The van der Waals surface area contributed by atoms with Crippen LogP contribution in [0.1, 0.15) is 46.2 Å². The van der Waals surface area contributed by atoms with E-state index >= 15 is 0 Å². The molecule has 1 aromatic heterocycles. The number of aromatic carboxylic acids is 1. The maximum absolute atomic E-state index is 13.5. The second kappa shape index (κ2) is 10.7. The number of aryl methyl sites for hydroxylation is 2. The number of benzene rings is 2. The predicted octanol–water partition coefficient (Wildman–Crippen LogP) is 5.77. The average Bonchev–Trinajstić information content (AvgIpc) is 3.05. The van der Waals surface area contributed by atoms with Crippen LogP contribution in [-0.2, 0) is 16.4 Å². The van der Waals surface area contributed by atoms with E-state index in [1.54, 1.807) is 23.6 Å². The Kier molecular flexibility index (Phi) is 8.18. The van der Waals surface area contributed by atoms with Crippen LogP contribution in [0.15, 0.2) is 46.2 Å². The van der Waals surface area contributed by atoms with Gasteiger partial charge in [0.25, 0.3) is 0 Å². The number of ether oxygens (including phenoxy) is 2. The third kappa shape index (κ3) is 5.49. The molecule has 2 aromatic carbocycles. The topological polar surface area (TPSA) is 94.8 Å². The normalized spacial score (nSPS) is 11.5. The Balaban J connectivity index is 1.86. The summed E-state index contributed by atoms with van der Waals surface area (Å²) in [4.78, 5) is 12.2. The summed E-state index contributed by atoms with van der Waals surface area (Å²) in [5.74, 6) is 0.0698. The molecule has 0 aliphatic heterocycles. The van der Waals surface area contributed by atoms with Gasteiger partial charge in [0, 0.05) is 22.8 Å². The SMILES string of the molecule is CCOc1ccc(S(=O)(=O)c2c(C)c(C(=O)O)n(CCCOc3cc(C)c(Cl)c(C)c3)c2C)cc1. The molecule has 0 fully saturated rings. The van der Waals surface area contributed by atoms with Gasteiger partial charge in [-0.1, -0.05) is 11.6 Å². The van der Waals surface area contributed by atoms with Crippen LogP contribution in [0.25, 0.3) is 0 Å². The van der Waals surface area contributed by atoms with Crippen molar-refractivity contribution >= 4 is 27.4 Å². The van der Waals surface area contributed by atoms with Gasteiger partial charge < -0.3 is 19.1 Å². The Morgan fingerprint density at radius 1 is 1.00 bits per heavy atom. The lowest BCUT2D eigenvalue weighted by atomic mass is 10.1. The van der Waals surface area contributed by atoms with Gasteiger partial charge in [0.1, 0.15) is 17.2 Å². The first-order valence-electron chi connectivity index (χ1n) is 11.3. The van der Waals surface area contributed by atoms with Gasteiger partial charge in [-0.05, 0) is 88.6 Å². The molecule has 0 bridgehead atoms. The van der Waals surface area contributed by atoms with Gasteiger partial charge in [0.2, 0.25) is 9.84 Å². The molecule has 0 unspecified atom stereocenters. The molecule has 35 heavy (non-hydrogen) atoms. The summed E-state index contributed by atoms with van der Waals surface area (Å²) < 4.78 is 39.7. The molecule has 0 atom stereocenters. The fourth-order valence-electron chi connectivity index (χ4n) is 4.22. The molecule has 0 radical (unpaired) electrons. The van der Waals surface area contributed by atoms with Gasteiger partial charge >= 0.3 is 5.97 Å². The lowest BCUT2D eigenvalue weighted by molar-refractivity contribution is 0.0683. The molecule has 1 N–H and O–H groups in total. The summed E-state index contributed by atoms with van der Waals surface area (Å²) in [6.45, 7) is 9.90. The van der Waals surface area contributed by atoms with Gasteiger partial charge in [0.05, 0.1) is 23.0 Å². The molecule has 0 aliphatic rings. The lowest BCUT2D eigenvalue weighted by Gasteiger charge is -2.12. The Labute approximate surface area is 211 Å². The minimum absolute atomic E-state index is 0.0175. The Morgan fingerprint density at radius 3 is 2.14 bits per heavy atom. The first-order valence-corrected chi connectivity index (χ1v) is 13.2. The summed E-state index contributed by atoms with van der Waals surface area (Å²) in [5.41, 5.74) is 2.39. The highest BCUT2D eigenvalue weighted by Gasteiger charge is 2.31. The minimum Gasteiger partial charge on any atom is -0.494 e. The summed E-state index contributed by atoms with van der Waals surface area (Å²) in [6, 6.07) is 9.83. The van der Waals surface area contributed by atoms with Gasteiger partial charge in [-0.2, -0.15) is 0 Å². The van der Waals surface area contributed by atoms with Crippen LogP contribution in [0, 0.1) is 27.7 Å². The number of carbonyl (C=O) groups is 1. The van der Waals surface area contributed by atoms with E-state index in [4.69, 9.17) is 21.1 Å². The monoisotopic (exact) mass is 519 g/mol. The molecular weight excluding hydrogens is 490 g/mol. The maximum Gasteiger partial charge on any atom is 0.352 e. The fourth-order valence-corrected chi connectivity index (χ4v) is 6.06. The number of rotatable bonds is 10. The van der Waals surface area contributed by atoms with Gasteiger partial charge in [-0.25, -0.2) is 13.2 Å². The van der Waals surface area contributed by atoms with Gasteiger partial charge in [-0.3, -0.25) is 0 Å². The quantitative estimate of drug-likeness (QED) is 0.341. The molecule has 0 aliphatic carbocycles. The highest BCUT2D eigenvalue weighted by molar-refractivity contribution is 7.91. The van der Waals surface area contributed by atoms with E-state index in [1.807, 2.05) is 32.9 Å². The van der Waals surface area contributed by atoms with E-state index in [0.29, 0.717) is 48.4 Å². The third-order valence-corrected chi connectivity index (χ3v) is 8.45. The van der Waals surface area contributed by atoms with Crippen molar-refractivity contribution in [3.63, 3.8) is 0 Å². The molecule has 0 spiro atoms. The van der Waals surface area contributed by atoms with Crippen molar-refractivity contribution in [3.05, 3.63) is 69.5 Å². The van der Waals surface area contributed by atoms with E-state index in [9.17, 15) is 18.3 Å². The van der Waals surface area contributed by atoms with Crippen LogP contribution >= 0.6 is 11.6 Å². The first-order chi connectivity index (χ1) is 16.5. The Morgan fingerprint density at radius 2 is 1.60 bits per heavy atom. The molecule has 3 rings (SSSR count). The Hall–Kier alpha value is -2.97. The van der Waals surface area contributed by atoms with Crippen molar-refractivity contribution in [1.29, 1.82) is 0 Å². The zero-order valence-electron chi connectivity index (χ0n) is 20.5. The maximum atomic E-state index is 13.5. The average molecular weight is 520 g/mol. The molecular formula is C26H30ClNO6S. The number of aromatic nitrogens is 1. The number of sulfone groups is 1. The van der Waals surface area contributed by atoms with Crippen molar-refractivity contribution < 1.29 is 27.8 Å². The van der Waals surface area contributed by atoms with Crippen LogP contribution < -0.4 is 9.47 Å². The molecule has 0 amide bonds. The van der Waals surface area contributed by atoms with Crippen LogP contribution in [0.2, 0.25) is 5.02 Å². The van der Waals surface area contributed by atoms with E-state index in [2.05, 4.69) is 0 Å². The zero-order valence-corrected chi connectivity index (χ0v) is 22.1. The smallest absolute Gasteiger partial charge is 0.352 e. The summed E-state index contributed by atoms with van der Waals surface area (Å²) >= 11 is 6.21. The minimum atomic E-state index is -3.94. The molecule has 188 valence electrons. The van der Waals surface area contributed by atoms with E-state index < -0.39 is 15.8 Å². The number of hydrogen-bond donors (Lipinski definition) is 1. The van der Waals surface area contributed by atoms with E-state index in [0.717, 1.165) is 11.1 Å². The third-order valence-electron chi connectivity index (χ3n) is 5.82. The standard InChI is InChI=1S/C26H30ClNO6S/c1-6-33-20-8-10-22(11-9-20)35(31,32)25-18(4)24(26(29)30)28(19(25)5)12-7-13-34-21-14-16(2)23(27)17(3)15-21/h8-11,14-15H,6-7,12-13H2,1-5H3,(H,29,30). The number of carboxylic acid groups (broad SMARTS) is 1. The van der Waals surface area contributed by atoms with Crippen LogP contribution in [0.3, 0.4) is 0 Å². The Bertz CT molecular complexity index is 1320. The number of carboxylic acids is 1. The summed E-state index contributed by atoms with van der Waals surface area (Å²) in [5, 5.41) is 10.6. The molecule has 0 saturated carbocycles. The van der Waals surface area contributed by atoms with Crippen LogP contribution in [-0.4, -0.2) is 37.3 Å². The molecule has 9 heteroatoms. The zero-order chi connectivity index (χ0) is 25.9. The van der Waals surface area contributed by atoms with Crippen LogP contribution in [0.5, 0.6) is 11.5 Å². The van der Waals surface area contributed by atoms with E-state index in [1.165, 1.54) is 19.1 Å². The lowest BCUT2D eigenvalue weighted by Crippen LogP contribution is -2.13. The molecule has 0 saturated heterocycles. The largest absolute Gasteiger partial charge is 0.494 e. The van der Waals surface area contributed by atoms with Crippen molar-refractivity contribution in [1.82, 2.24) is 4.57 Å². The van der Waals surface area contributed by atoms with Gasteiger partial charge in [-0.15, -0.1) is 0 Å². The van der Waals surface area contributed by atoms with Crippen molar-refractivity contribution in [2.45, 2.75) is 57.4 Å². The number of nitrogens with zero attached hydrogens (tertiary/aromatic N) is 1. The highest BCUT2D eigenvalue weighted by Crippen LogP contribution is 2.33.